The summed E-state index contributed by atoms with van der Waals surface area (Å²) in [6, 6.07) is 0.306. The summed E-state index contributed by atoms with van der Waals surface area (Å²) < 4.78 is 5.70. The number of esters is 1. The summed E-state index contributed by atoms with van der Waals surface area (Å²) in [6.07, 6.45) is 9.18. The second kappa shape index (κ2) is 5.47. The third kappa shape index (κ3) is 3.31. The Morgan fingerprint density at radius 2 is 1.87 bits per heavy atom. The van der Waals surface area contributed by atoms with Crippen LogP contribution >= 0.6 is 15.9 Å². The van der Waals surface area contributed by atoms with E-state index in [4.69, 9.17) is 4.74 Å². The predicted molar refractivity (Wildman–Crippen MR) is 90.1 cm³/mol. The van der Waals surface area contributed by atoms with E-state index in [1.54, 1.807) is 6.92 Å². The Morgan fingerprint density at radius 1 is 1.22 bits per heavy atom. The molecule has 4 nitrogen and oxygen atoms in total. The van der Waals surface area contributed by atoms with Crippen molar-refractivity contribution in [2.45, 2.75) is 81.2 Å². The van der Waals surface area contributed by atoms with E-state index < -0.39 is 6.10 Å². The highest BCUT2D eigenvalue weighted by atomic mass is 79.9. The Labute approximate surface area is 146 Å². The minimum Gasteiger partial charge on any atom is -0.453 e. The molecule has 0 aliphatic heterocycles. The van der Waals surface area contributed by atoms with Crippen LogP contribution in [0.5, 0.6) is 0 Å². The number of rotatable bonds is 5. The molecule has 128 valence electrons. The minimum absolute atomic E-state index is 0.108. The van der Waals surface area contributed by atoms with Crippen molar-refractivity contribution >= 4 is 27.8 Å². The van der Waals surface area contributed by atoms with E-state index in [2.05, 4.69) is 21.2 Å². The second-order valence-electron chi connectivity index (χ2n) is 8.70. The van der Waals surface area contributed by atoms with E-state index in [1.807, 2.05) is 0 Å². The number of ether oxygens (including phenoxy) is 1. The molecule has 0 aromatic heterocycles. The van der Waals surface area contributed by atoms with Gasteiger partial charge in [-0.05, 0) is 75.5 Å². The number of halogens is 1. The monoisotopic (exact) mass is 383 g/mol. The lowest BCUT2D eigenvalue weighted by Gasteiger charge is -2.60. The van der Waals surface area contributed by atoms with Gasteiger partial charge < -0.3 is 10.1 Å². The molecule has 5 fully saturated rings. The van der Waals surface area contributed by atoms with Crippen molar-refractivity contribution in [2.75, 3.05) is 0 Å². The van der Waals surface area contributed by atoms with Crippen LogP contribution in [0.1, 0.15) is 64.7 Å². The maximum Gasteiger partial charge on any atom is 0.307 e. The van der Waals surface area contributed by atoms with Crippen molar-refractivity contribution in [3.63, 3.8) is 0 Å². The van der Waals surface area contributed by atoms with Gasteiger partial charge >= 0.3 is 5.97 Å². The first-order valence-electron chi connectivity index (χ1n) is 9.04. The van der Waals surface area contributed by atoms with Gasteiger partial charge in [0.25, 0.3) is 5.91 Å². The number of carbonyl (C=O) groups is 2. The Bertz CT molecular complexity index is 516. The minimum atomic E-state index is -0.671. The number of hydrogen-bond donors (Lipinski definition) is 1. The van der Waals surface area contributed by atoms with Gasteiger partial charge in [0.15, 0.2) is 6.10 Å². The van der Waals surface area contributed by atoms with Crippen LogP contribution in [-0.4, -0.2) is 28.3 Å². The summed E-state index contributed by atoms with van der Waals surface area (Å²) >= 11 is 3.97. The van der Waals surface area contributed by atoms with Gasteiger partial charge in [0.1, 0.15) is 0 Å². The van der Waals surface area contributed by atoms with Crippen LogP contribution < -0.4 is 5.32 Å². The standard InChI is InChI=1S/C18H26BrNO3/c1-11(16(22)20-14-2-3-14)23-15(21)9-17-5-12-4-13(6-17)8-18(19,7-12)10-17/h11-14H,2-10H2,1H3,(H,20,22)/t11-,12-,13-,17?,18?/m0/s1. The maximum atomic E-state index is 12.4. The predicted octanol–water partition coefficient (Wildman–Crippen LogP) is 3.32. The van der Waals surface area contributed by atoms with Gasteiger partial charge in [-0.1, -0.05) is 15.9 Å². The number of amides is 1. The zero-order valence-corrected chi connectivity index (χ0v) is 15.4. The molecule has 0 radical (unpaired) electrons. The molecule has 3 atom stereocenters. The third-order valence-corrected chi connectivity index (χ3v) is 7.16. The van der Waals surface area contributed by atoms with E-state index in [0.29, 0.717) is 12.5 Å². The number of hydrogen-bond acceptors (Lipinski definition) is 3. The third-order valence-electron chi connectivity index (χ3n) is 6.23. The van der Waals surface area contributed by atoms with Crippen LogP contribution in [0.4, 0.5) is 0 Å². The lowest BCUT2D eigenvalue weighted by Crippen LogP contribution is -2.53. The average molecular weight is 384 g/mol. The fourth-order valence-electron chi connectivity index (χ4n) is 5.69. The largest absolute Gasteiger partial charge is 0.453 e. The van der Waals surface area contributed by atoms with Crippen molar-refractivity contribution in [2.24, 2.45) is 17.3 Å². The number of nitrogens with one attached hydrogen (secondary N) is 1. The lowest BCUT2D eigenvalue weighted by molar-refractivity contribution is -0.160. The molecule has 5 aliphatic carbocycles. The van der Waals surface area contributed by atoms with Gasteiger partial charge in [0, 0.05) is 10.4 Å². The topological polar surface area (TPSA) is 55.4 Å². The van der Waals surface area contributed by atoms with E-state index in [0.717, 1.165) is 43.9 Å². The average Bonchev–Trinajstić information content (AvgIpc) is 3.18. The van der Waals surface area contributed by atoms with Gasteiger partial charge in [-0.2, -0.15) is 0 Å². The summed E-state index contributed by atoms with van der Waals surface area (Å²) in [5.74, 6) is 1.18. The van der Waals surface area contributed by atoms with Gasteiger partial charge in [0.05, 0.1) is 6.42 Å². The van der Waals surface area contributed by atoms with Crippen molar-refractivity contribution in [3.8, 4) is 0 Å². The van der Waals surface area contributed by atoms with Crippen LogP contribution in [0, 0.1) is 17.3 Å². The van der Waals surface area contributed by atoms with Crippen LogP contribution in [-0.2, 0) is 14.3 Å². The van der Waals surface area contributed by atoms with E-state index in [-0.39, 0.29) is 21.6 Å². The Morgan fingerprint density at radius 3 is 2.43 bits per heavy atom. The van der Waals surface area contributed by atoms with Crippen molar-refractivity contribution in [1.82, 2.24) is 5.32 Å². The molecule has 5 heteroatoms. The molecule has 0 aromatic rings. The highest BCUT2D eigenvalue weighted by molar-refractivity contribution is 9.10. The molecule has 4 bridgehead atoms. The quantitative estimate of drug-likeness (QED) is 0.585. The molecule has 0 unspecified atom stereocenters. The Kier molecular flexibility index (Phi) is 3.78. The molecule has 0 saturated heterocycles. The fraction of sp³-hybridized carbons (Fsp3) is 0.889. The molecular formula is C18H26BrNO3. The van der Waals surface area contributed by atoms with E-state index in [9.17, 15) is 9.59 Å². The molecule has 5 rings (SSSR count). The molecule has 1 amide bonds. The maximum absolute atomic E-state index is 12.4. The molecule has 23 heavy (non-hydrogen) atoms. The molecule has 5 saturated carbocycles. The van der Waals surface area contributed by atoms with Crippen LogP contribution in [0.2, 0.25) is 0 Å². The van der Waals surface area contributed by atoms with Gasteiger partial charge in [0.2, 0.25) is 0 Å². The van der Waals surface area contributed by atoms with Gasteiger partial charge in [-0.25, -0.2) is 0 Å². The molecule has 0 aromatic carbocycles. The summed E-state index contributed by atoms with van der Waals surface area (Å²) in [5, 5.41) is 2.90. The smallest absolute Gasteiger partial charge is 0.307 e. The van der Waals surface area contributed by atoms with Crippen molar-refractivity contribution in [1.29, 1.82) is 0 Å². The molecular weight excluding hydrogens is 358 g/mol. The van der Waals surface area contributed by atoms with Gasteiger partial charge in [-0.3, -0.25) is 9.59 Å². The second-order valence-corrected chi connectivity index (χ2v) is 10.4. The normalized spacial score (nSPS) is 42.3. The first-order chi connectivity index (χ1) is 10.8. The van der Waals surface area contributed by atoms with E-state index in [1.165, 1.54) is 19.3 Å². The molecule has 0 spiro atoms. The van der Waals surface area contributed by atoms with Crippen LogP contribution in [0.3, 0.4) is 0 Å². The van der Waals surface area contributed by atoms with Crippen molar-refractivity contribution in [3.05, 3.63) is 0 Å². The number of carbonyl (C=O) groups excluding carboxylic acids is 2. The zero-order chi connectivity index (χ0) is 16.2. The van der Waals surface area contributed by atoms with Crippen LogP contribution in [0.25, 0.3) is 0 Å². The first kappa shape index (κ1) is 15.9. The van der Waals surface area contributed by atoms with Crippen molar-refractivity contribution < 1.29 is 14.3 Å². The fourth-order valence-corrected chi connectivity index (χ4v) is 7.20. The number of alkyl halides is 1. The first-order valence-corrected chi connectivity index (χ1v) is 9.83. The summed E-state index contributed by atoms with van der Waals surface area (Å²) in [7, 11) is 0. The highest BCUT2D eigenvalue weighted by Gasteiger charge is 2.57. The summed E-state index contributed by atoms with van der Waals surface area (Å²) in [6.45, 7) is 1.68. The lowest BCUT2D eigenvalue weighted by atomic mass is 9.49. The van der Waals surface area contributed by atoms with E-state index >= 15 is 0 Å². The molecule has 5 aliphatic rings. The molecule has 0 heterocycles. The summed E-state index contributed by atoms with van der Waals surface area (Å²) in [5.41, 5.74) is 0.108. The Balaban J connectivity index is 1.35. The SMILES string of the molecule is C[C@H](OC(=O)CC12C[C@@H]3C[C@H](CC(Br)(C3)C1)C2)C(=O)NC1CC1. The molecule has 1 N–H and O–H groups in total. The van der Waals surface area contributed by atoms with Crippen LogP contribution in [0.15, 0.2) is 0 Å². The summed E-state index contributed by atoms with van der Waals surface area (Å²) in [4.78, 5) is 24.4. The van der Waals surface area contributed by atoms with Gasteiger partial charge in [-0.15, -0.1) is 0 Å². The Hall–Kier alpha value is -0.580. The zero-order valence-electron chi connectivity index (χ0n) is 13.8. The highest BCUT2D eigenvalue weighted by Crippen LogP contribution is 2.65.